The fourth-order valence-corrected chi connectivity index (χ4v) is 3.30. The van der Waals surface area contributed by atoms with Gasteiger partial charge in [0.2, 0.25) is 0 Å². The highest BCUT2D eigenvalue weighted by Crippen LogP contribution is 2.31. The van der Waals surface area contributed by atoms with Crippen LogP contribution in [0.25, 0.3) is 0 Å². The Kier molecular flexibility index (Phi) is 6.27. The summed E-state index contributed by atoms with van der Waals surface area (Å²) in [6, 6.07) is 24.9. The molecule has 3 aromatic rings. The summed E-state index contributed by atoms with van der Waals surface area (Å²) in [5.74, 6) is -0.426. The highest BCUT2D eigenvalue weighted by molar-refractivity contribution is 5.90. The molecule has 0 heterocycles. The molecular weight excluding hydrogens is 346 g/mol. The molecule has 2 N–H and O–H groups in total. The van der Waals surface area contributed by atoms with Gasteiger partial charge in [0, 0.05) is 6.54 Å². The Bertz CT molecular complexity index is 852. The van der Waals surface area contributed by atoms with Gasteiger partial charge in [-0.15, -0.1) is 0 Å². The average Bonchev–Trinajstić information content (AvgIpc) is 2.77. The Morgan fingerprint density at radius 2 is 1.21 bits per heavy atom. The van der Waals surface area contributed by atoms with Crippen molar-refractivity contribution in [2.75, 3.05) is 0 Å². The summed E-state index contributed by atoms with van der Waals surface area (Å²) in [7, 11) is 0. The molecule has 0 radical (unpaired) electrons. The minimum Gasteiger partial charge on any atom is -0.372 e. The van der Waals surface area contributed by atoms with Crippen LogP contribution in [0, 0.1) is 0 Å². The molecule has 3 heteroatoms. The summed E-state index contributed by atoms with van der Waals surface area (Å²) in [4.78, 5) is 13.2. The van der Waals surface area contributed by atoms with Gasteiger partial charge in [-0.25, -0.2) is 0 Å². The van der Waals surface area contributed by atoms with E-state index in [-0.39, 0.29) is 0 Å². The molecule has 0 saturated carbocycles. The van der Waals surface area contributed by atoms with Crippen LogP contribution in [-0.2, 0) is 29.8 Å². The molecule has 0 fully saturated rings. The van der Waals surface area contributed by atoms with E-state index in [0.29, 0.717) is 17.7 Å². The number of rotatable bonds is 7. The number of hydrogen-bond donors (Lipinski definition) is 2. The van der Waals surface area contributed by atoms with Crippen molar-refractivity contribution in [2.24, 2.45) is 0 Å². The largest absolute Gasteiger partial charge is 0.372 e. The first-order valence-electron chi connectivity index (χ1n) is 9.81. The highest BCUT2D eigenvalue weighted by Gasteiger charge is 2.39. The molecule has 28 heavy (non-hydrogen) atoms. The number of amides is 1. The molecular formula is C25H27NO2. The average molecular weight is 373 g/mol. The topological polar surface area (TPSA) is 49.3 Å². The Morgan fingerprint density at radius 3 is 1.64 bits per heavy atom. The zero-order valence-corrected chi connectivity index (χ0v) is 16.5. The van der Waals surface area contributed by atoms with E-state index in [1.54, 1.807) is 0 Å². The van der Waals surface area contributed by atoms with Crippen LogP contribution >= 0.6 is 0 Å². The number of carbonyl (C=O) groups excluding carboxylic acids is 1. The molecule has 0 bridgehead atoms. The second-order valence-corrected chi connectivity index (χ2v) is 6.98. The number of aryl methyl sites for hydroxylation is 2. The maximum Gasteiger partial charge on any atom is 0.261 e. The maximum atomic E-state index is 13.2. The standard InChI is InChI=1S/C25H27NO2/c1-3-19-10-14-22(15-11-19)25(28,23-16-12-20(4-2)13-17-23)24(27)26-18-21-8-6-5-7-9-21/h5-17,28H,3-4,18H2,1-2H3,(H,26,27). The molecule has 3 nitrogen and oxygen atoms in total. The van der Waals surface area contributed by atoms with Gasteiger partial charge in [0.05, 0.1) is 0 Å². The lowest BCUT2D eigenvalue weighted by Crippen LogP contribution is -2.45. The number of benzene rings is 3. The van der Waals surface area contributed by atoms with E-state index in [1.165, 1.54) is 0 Å². The monoisotopic (exact) mass is 373 g/mol. The van der Waals surface area contributed by atoms with Crippen molar-refractivity contribution >= 4 is 5.91 Å². The zero-order chi connectivity index (χ0) is 20.0. The quantitative estimate of drug-likeness (QED) is 0.646. The zero-order valence-electron chi connectivity index (χ0n) is 16.5. The number of carbonyl (C=O) groups is 1. The highest BCUT2D eigenvalue weighted by atomic mass is 16.3. The summed E-state index contributed by atoms with van der Waals surface area (Å²) in [6.45, 7) is 4.52. The van der Waals surface area contributed by atoms with E-state index in [1.807, 2.05) is 78.9 Å². The lowest BCUT2D eigenvalue weighted by Gasteiger charge is -2.28. The van der Waals surface area contributed by atoms with Crippen LogP contribution in [0.5, 0.6) is 0 Å². The summed E-state index contributed by atoms with van der Waals surface area (Å²) in [6.07, 6.45) is 1.81. The predicted octanol–water partition coefficient (Wildman–Crippen LogP) is 4.36. The van der Waals surface area contributed by atoms with Crippen molar-refractivity contribution in [3.8, 4) is 0 Å². The Hall–Kier alpha value is -2.91. The summed E-state index contributed by atoms with van der Waals surface area (Å²) >= 11 is 0. The van der Waals surface area contributed by atoms with Gasteiger partial charge >= 0.3 is 0 Å². The van der Waals surface area contributed by atoms with Crippen LogP contribution in [0.15, 0.2) is 78.9 Å². The lowest BCUT2D eigenvalue weighted by molar-refractivity contribution is -0.136. The number of hydrogen-bond acceptors (Lipinski definition) is 2. The third kappa shape index (κ3) is 4.15. The molecule has 0 atom stereocenters. The van der Waals surface area contributed by atoms with Gasteiger partial charge in [-0.05, 0) is 40.7 Å². The van der Waals surface area contributed by atoms with Crippen molar-refractivity contribution < 1.29 is 9.90 Å². The van der Waals surface area contributed by atoms with E-state index in [9.17, 15) is 9.90 Å². The number of nitrogens with one attached hydrogen (secondary N) is 1. The van der Waals surface area contributed by atoms with Crippen LogP contribution in [0.3, 0.4) is 0 Å². The van der Waals surface area contributed by atoms with Gasteiger partial charge < -0.3 is 10.4 Å². The Balaban J connectivity index is 1.95. The van der Waals surface area contributed by atoms with Gasteiger partial charge in [-0.3, -0.25) is 4.79 Å². The van der Waals surface area contributed by atoms with Crippen LogP contribution in [-0.4, -0.2) is 11.0 Å². The molecule has 1 amide bonds. The van der Waals surface area contributed by atoms with Gasteiger partial charge in [0.15, 0.2) is 5.60 Å². The molecule has 0 spiro atoms. The maximum absolute atomic E-state index is 13.2. The van der Waals surface area contributed by atoms with Crippen molar-refractivity contribution in [2.45, 2.75) is 38.8 Å². The van der Waals surface area contributed by atoms with Gasteiger partial charge in [-0.2, -0.15) is 0 Å². The second kappa shape index (κ2) is 8.85. The molecule has 0 aliphatic carbocycles. The number of aliphatic hydroxyl groups is 1. The Labute approximate surface area is 167 Å². The van der Waals surface area contributed by atoms with Gasteiger partial charge in [-0.1, -0.05) is 92.7 Å². The molecule has 0 aliphatic heterocycles. The molecule has 0 unspecified atom stereocenters. The first-order chi connectivity index (χ1) is 13.6. The van der Waals surface area contributed by atoms with Gasteiger partial charge in [0.1, 0.15) is 0 Å². The summed E-state index contributed by atoms with van der Waals surface area (Å²) in [5, 5.41) is 14.5. The van der Waals surface area contributed by atoms with E-state index < -0.39 is 11.5 Å². The second-order valence-electron chi connectivity index (χ2n) is 6.98. The Morgan fingerprint density at radius 1 is 0.750 bits per heavy atom. The van der Waals surface area contributed by atoms with Crippen LogP contribution in [0.4, 0.5) is 0 Å². The lowest BCUT2D eigenvalue weighted by atomic mass is 9.84. The van der Waals surface area contributed by atoms with Crippen molar-refractivity contribution in [3.05, 3.63) is 107 Å². The first-order valence-corrected chi connectivity index (χ1v) is 9.81. The summed E-state index contributed by atoms with van der Waals surface area (Å²) < 4.78 is 0. The molecule has 0 aliphatic rings. The van der Waals surface area contributed by atoms with Crippen molar-refractivity contribution in [1.82, 2.24) is 5.32 Å². The minimum absolute atomic E-state index is 0.363. The van der Waals surface area contributed by atoms with Crippen molar-refractivity contribution in [1.29, 1.82) is 0 Å². The molecule has 144 valence electrons. The first kappa shape index (κ1) is 19.8. The van der Waals surface area contributed by atoms with Gasteiger partial charge in [0.25, 0.3) is 5.91 Å². The smallest absolute Gasteiger partial charge is 0.261 e. The normalized spacial score (nSPS) is 11.2. The minimum atomic E-state index is -1.74. The predicted molar refractivity (Wildman–Crippen MR) is 113 cm³/mol. The van der Waals surface area contributed by atoms with Crippen LogP contribution in [0.2, 0.25) is 0 Å². The van der Waals surface area contributed by atoms with Crippen LogP contribution < -0.4 is 5.32 Å². The molecule has 0 saturated heterocycles. The van der Waals surface area contributed by atoms with E-state index in [2.05, 4.69) is 19.2 Å². The van der Waals surface area contributed by atoms with Crippen LogP contribution in [0.1, 0.15) is 41.7 Å². The fourth-order valence-electron chi connectivity index (χ4n) is 3.30. The SMILES string of the molecule is CCc1ccc(C(O)(C(=O)NCc2ccccc2)c2ccc(CC)cc2)cc1. The third-order valence-corrected chi connectivity index (χ3v) is 5.18. The van der Waals surface area contributed by atoms with E-state index >= 15 is 0 Å². The molecule has 3 rings (SSSR count). The fraction of sp³-hybridized carbons (Fsp3) is 0.240. The van der Waals surface area contributed by atoms with E-state index in [4.69, 9.17) is 0 Å². The molecule has 0 aromatic heterocycles. The summed E-state index contributed by atoms with van der Waals surface area (Å²) in [5.41, 5.74) is 2.71. The molecule has 3 aromatic carbocycles. The van der Waals surface area contributed by atoms with E-state index in [0.717, 1.165) is 29.5 Å². The van der Waals surface area contributed by atoms with Crippen molar-refractivity contribution in [3.63, 3.8) is 0 Å². The third-order valence-electron chi connectivity index (χ3n) is 5.18.